The van der Waals surface area contributed by atoms with E-state index in [0.717, 1.165) is 35.5 Å². The third-order valence-corrected chi connectivity index (χ3v) is 6.63. The maximum Gasteiger partial charge on any atom is -0.0135 e. The zero-order valence-corrected chi connectivity index (χ0v) is 9.41. The number of hydrogen-bond acceptors (Lipinski definition) is 0. The molecule has 4 fully saturated rings. The fourth-order valence-electron chi connectivity index (χ4n) is 6.42. The van der Waals surface area contributed by atoms with Gasteiger partial charge < -0.3 is 0 Å². The van der Waals surface area contributed by atoms with E-state index in [1.165, 1.54) is 0 Å². The Labute approximate surface area is 92.1 Å². The molecule has 0 aromatic rings. The minimum Gasteiger partial charge on any atom is -0.0667 e. The number of hydrogen-bond donors (Lipinski definition) is 0. The van der Waals surface area contributed by atoms with Crippen LogP contribution in [-0.2, 0) is 0 Å². The van der Waals surface area contributed by atoms with E-state index in [2.05, 4.69) is 5.57 Å². The van der Waals surface area contributed by atoms with E-state index in [-0.39, 0.29) is 0 Å². The van der Waals surface area contributed by atoms with Crippen LogP contribution in [0.3, 0.4) is 0 Å². The maximum atomic E-state index is 2.06. The van der Waals surface area contributed by atoms with Gasteiger partial charge in [-0.05, 0) is 74.0 Å². The summed E-state index contributed by atoms with van der Waals surface area (Å²) in [7, 11) is 0. The van der Waals surface area contributed by atoms with Crippen LogP contribution < -0.4 is 0 Å². The molecule has 0 nitrogen and oxygen atoms in total. The summed E-state index contributed by atoms with van der Waals surface area (Å²) in [5.41, 5.74) is 4.08. The van der Waals surface area contributed by atoms with E-state index in [1.54, 1.807) is 44.9 Å². The molecule has 4 bridgehead atoms. The fourth-order valence-corrected chi connectivity index (χ4v) is 6.42. The number of fused-ring (bicyclic) bond motifs is 11. The first kappa shape index (κ1) is 7.92. The Hall–Kier alpha value is -0.260. The topological polar surface area (TPSA) is 0 Å². The van der Waals surface area contributed by atoms with Gasteiger partial charge in [0.2, 0.25) is 0 Å². The van der Waals surface area contributed by atoms with Crippen LogP contribution in [0, 0.1) is 35.5 Å². The van der Waals surface area contributed by atoms with Gasteiger partial charge in [0.15, 0.2) is 0 Å². The summed E-state index contributed by atoms with van der Waals surface area (Å²) in [4.78, 5) is 0. The summed E-state index contributed by atoms with van der Waals surface area (Å²) in [5.74, 6) is 6.76. The van der Waals surface area contributed by atoms with Crippen molar-refractivity contribution in [2.75, 3.05) is 0 Å². The van der Waals surface area contributed by atoms with Gasteiger partial charge in [-0.2, -0.15) is 0 Å². The smallest absolute Gasteiger partial charge is 0.0135 e. The Morgan fingerprint density at radius 3 is 2.93 bits per heavy atom. The van der Waals surface area contributed by atoms with E-state index >= 15 is 0 Å². The summed E-state index contributed by atoms with van der Waals surface area (Å²) in [5, 5.41) is 0. The minimum atomic E-state index is 1.08. The lowest BCUT2D eigenvalue weighted by Crippen LogP contribution is -2.27. The lowest BCUT2D eigenvalue weighted by molar-refractivity contribution is 0.214. The predicted octanol–water partition coefficient (Wildman–Crippen LogP) is 3.78. The van der Waals surface area contributed by atoms with E-state index in [4.69, 9.17) is 0 Å². The van der Waals surface area contributed by atoms with Gasteiger partial charge in [-0.25, -0.2) is 0 Å². The highest BCUT2D eigenvalue weighted by molar-refractivity contribution is 5.40. The van der Waals surface area contributed by atoms with Crippen LogP contribution in [0.25, 0.3) is 0 Å². The fraction of sp³-hybridized carbons (Fsp3) is 0.867. The molecule has 4 saturated carbocycles. The first-order chi connectivity index (χ1) is 7.43. The predicted molar refractivity (Wildman–Crippen MR) is 60.3 cm³/mol. The molecule has 0 N–H and O–H groups in total. The summed E-state index contributed by atoms with van der Waals surface area (Å²) in [6.45, 7) is 0. The van der Waals surface area contributed by atoms with Crippen molar-refractivity contribution < 1.29 is 0 Å². The molecule has 0 radical (unpaired) electrons. The van der Waals surface area contributed by atoms with Crippen molar-refractivity contribution in [3.05, 3.63) is 11.1 Å². The van der Waals surface area contributed by atoms with Crippen molar-refractivity contribution in [3.63, 3.8) is 0 Å². The molecule has 0 saturated heterocycles. The average molecular weight is 200 g/mol. The molecule has 0 aromatic heterocycles. The van der Waals surface area contributed by atoms with Crippen molar-refractivity contribution in [3.8, 4) is 0 Å². The summed E-state index contributed by atoms with van der Waals surface area (Å²) in [6, 6.07) is 0. The van der Waals surface area contributed by atoms with Crippen LogP contribution in [0.4, 0.5) is 0 Å². The summed E-state index contributed by atoms with van der Waals surface area (Å²) in [6.07, 6.45) is 11.0. The second kappa shape index (κ2) is 2.36. The molecule has 0 spiro atoms. The standard InChI is InChI=1S/C15H20/c1-2-10-11(3-1)13-7-12(10)14-8-4-5-9(6-8)15(13)14/h8-12,14H,1-7H2. The Bertz CT molecular complexity index is 364. The second-order valence-electron chi connectivity index (χ2n) is 6.85. The van der Waals surface area contributed by atoms with Gasteiger partial charge >= 0.3 is 0 Å². The number of rotatable bonds is 0. The van der Waals surface area contributed by atoms with E-state index in [1.807, 2.05) is 5.57 Å². The van der Waals surface area contributed by atoms with Gasteiger partial charge in [-0.15, -0.1) is 0 Å². The largest absolute Gasteiger partial charge is 0.0667 e. The number of allylic oxidation sites excluding steroid dienone is 2. The Balaban J connectivity index is 1.70. The first-order valence-corrected chi connectivity index (χ1v) is 7.16. The van der Waals surface area contributed by atoms with E-state index < -0.39 is 0 Å². The quantitative estimate of drug-likeness (QED) is 0.522. The molecule has 0 heterocycles. The SMILES string of the molecule is C1CC2C3=C4C5CCC(C5)C4C(C3)C2C1. The molecule has 0 aliphatic heterocycles. The van der Waals surface area contributed by atoms with Gasteiger partial charge in [-0.1, -0.05) is 17.6 Å². The zero-order chi connectivity index (χ0) is 9.57. The maximum absolute atomic E-state index is 2.06. The summed E-state index contributed by atoms with van der Waals surface area (Å²) < 4.78 is 0. The Morgan fingerprint density at radius 2 is 1.93 bits per heavy atom. The van der Waals surface area contributed by atoms with E-state index in [9.17, 15) is 0 Å². The third kappa shape index (κ3) is 0.736. The van der Waals surface area contributed by atoms with Crippen molar-refractivity contribution in [2.45, 2.75) is 44.9 Å². The molecule has 6 atom stereocenters. The van der Waals surface area contributed by atoms with Crippen LogP contribution in [0.15, 0.2) is 11.1 Å². The average Bonchev–Trinajstić information content (AvgIpc) is 3.03. The van der Waals surface area contributed by atoms with Gasteiger partial charge in [0.05, 0.1) is 0 Å². The molecule has 15 heavy (non-hydrogen) atoms. The Kier molecular flexibility index (Phi) is 1.25. The highest BCUT2D eigenvalue weighted by Crippen LogP contribution is 2.69. The molecule has 80 valence electrons. The normalized spacial score (nSPS) is 59.2. The minimum absolute atomic E-state index is 1.08. The van der Waals surface area contributed by atoms with Crippen LogP contribution in [0.5, 0.6) is 0 Å². The zero-order valence-electron chi connectivity index (χ0n) is 9.41. The van der Waals surface area contributed by atoms with Gasteiger partial charge in [0.1, 0.15) is 0 Å². The van der Waals surface area contributed by atoms with Gasteiger partial charge in [0, 0.05) is 0 Å². The van der Waals surface area contributed by atoms with Crippen molar-refractivity contribution in [1.29, 1.82) is 0 Å². The first-order valence-electron chi connectivity index (χ1n) is 7.16. The third-order valence-electron chi connectivity index (χ3n) is 6.63. The second-order valence-corrected chi connectivity index (χ2v) is 6.85. The van der Waals surface area contributed by atoms with Gasteiger partial charge in [-0.3, -0.25) is 0 Å². The van der Waals surface area contributed by atoms with Crippen LogP contribution in [-0.4, -0.2) is 0 Å². The van der Waals surface area contributed by atoms with Crippen molar-refractivity contribution in [2.24, 2.45) is 35.5 Å². The Morgan fingerprint density at radius 1 is 0.933 bits per heavy atom. The highest BCUT2D eigenvalue weighted by Gasteiger charge is 2.59. The molecule has 5 rings (SSSR count). The molecular formula is C15H20. The lowest BCUT2D eigenvalue weighted by atomic mass is 9.70. The van der Waals surface area contributed by atoms with Crippen molar-refractivity contribution in [1.82, 2.24) is 0 Å². The molecule has 5 aliphatic carbocycles. The van der Waals surface area contributed by atoms with E-state index in [0.29, 0.717) is 0 Å². The highest BCUT2D eigenvalue weighted by atomic mass is 14.6. The summed E-state index contributed by atoms with van der Waals surface area (Å²) >= 11 is 0. The molecular weight excluding hydrogens is 180 g/mol. The molecule has 5 aliphatic rings. The monoisotopic (exact) mass is 200 g/mol. The molecule has 0 heteroatoms. The van der Waals surface area contributed by atoms with Crippen molar-refractivity contribution >= 4 is 0 Å². The van der Waals surface area contributed by atoms with Crippen LogP contribution in [0.2, 0.25) is 0 Å². The van der Waals surface area contributed by atoms with Gasteiger partial charge in [0.25, 0.3) is 0 Å². The van der Waals surface area contributed by atoms with Crippen LogP contribution in [0.1, 0.15) is 44.9 Å². The lowest BCUT2D eigenvalue weighted by Gasteiger charge is -2.34. The molecule has 0 amide bonds. The van der Waals surface area contributed by atoms with Crippen LogP contribution >= 0.6 is 0 Å². The molecule has 0 aromatic carbocycles. The molecule has 6 unspecified atom stereocenters.